The average molecular weight is 272 g/mol. The highest BCUT2D eigenvalue weighted by Crippen LogP contribution is 2.31. The van der Waals surface area contributed by atoms with Gasteiger partial charge in [-0.05, 0) is 12.1 Å². The molecular formula is C11H8Cl2FN3. The minimum Gasteiger partial charge on any atom is -0.377 e. The predicted molar refractivity (Wildman–Crippen MR) is 65.8 cm³/mol. The summed E-state index contributed by atoms with van der Waals surface area (Å²) in [4.78, 5) is 8.01. The van der Waals surface area contributed by atoms with E-state index in [2.05, 4.69) is 15.3 Å². The summed E-state index contributed by atoms with van der Waals surface area (Å²) in [6.45, 7) is 0.416. The molecule has 6 heteroatoms. The van der Waals surface area contributed by atoms with Crippen molar-refractivity contribution in [1.82, 2.24) is 9.97 Å². The maximum absolute atomic E-state index is 13.0. The molecular weight excluding hydrogens is 264 g/mol. The van der Waals surface area contributed by atoms with E-state index in [4.69, 9.17) is 23.2 Å². The zero-order chi connectivity index (χ0) is 12.3. The molecule has 0 bridgehead atoms. The Bertz CT molecular complexity index is 496. The lowest BCUT2D eigenvalue weighted by atomic mass is 10.3. The second kappa shape index (κ2) is 5.29. The van der Waals surface area contributed by atoms with Crippen LogP contribution in [0.3, 0.4) is 0 Å². The minimum atomic E-state index is -0.468. The number of halogens is 3. The van der Waals surface area contributed by atoms with Crippen LogP contribution in [-0.2, 0) is 6.54 Å². The SMILES string of the molecule is Fc1cc(Cl)c(NCc2cnccn2)c(Cl)c1. The molecule has 1 heterocycles. The summed E-state index contributed by atoms with van der Waals surface area (Å²) in [7, 11) is 0. The van der Waals surface area contributed by atoms with Gasteiger partial charge in [-0.2, -0.15) is 0 Å². The summed E-state index contributed by atoms with van der Waals surface area (Å²) in [6.07, 6.45) is 4.80. The number of aromatic nitrogens is 2. The van der Waals surface area contributed by atoms with Crippen molar-refractivity contribution in [2.45, 2.75) is 6.54 Å². The van der Waals surface area contributed by atoms with Crippen molar-refractivity contribution < 1.29 is 4.39 Å². The van der Waals surface area contributed by atoms with Gasteiger partial charge in [0.2, 0.25) is 0 Å². The van der Waals surface area contributed by atoms with Crippen molar-refractivity contribution in [2.75, 3.05) is 5.32 Å². The lowest BCUT2D eigenvalue weighted by Crippen LogP contribution is -2.03. The number of nitrogens with one attached hydrogen (secondary N) is 1. The van der Waals surface area contributed by atoms with Crippen molar-refractivity contribution in [2.24, 2.45) is 0 Å². The zero-order valence-electron chi connectivity index (χ0n) is 8.62. The third kappa shape index (κ3) is 3.05. The summed E-state index contributed by atoms with van der Waals surface area (Å²) in [5, 5.41) is 3.46. The Labute approximate surface area is 108 Å². The van der Waals surface area contributed by atoms with Crippen LogP contribution in [0, 0.1) is 5.82 Å². The Hall–Kier alpha value is -1.39. The van der Waals surface area contributed by atoms with E-state index in [9.17, 15) is 4.39 Å². The molecule has 0 atom stereocenters. The van der Waals surface area contributed by atoms with Crippen molar-refractivity contribution in [3.05, 3.63) is 52.3 Å². The fourth-order valence-electron chi connectivity index (χ4n) is 1.31. The summed E-state index contributed by atoms with van der Waals surface area (Å²) in [5.74, 6) is -0.468. The van der Waals surface area contributed by atoms with Gasteiger partial charge in [0, 0.05) is 12.4 Å². The van der Waals surface area contributed by atoms with Crippen molar-refractivity contribution >= 4 is 28.9 Å². The zero-order valence-corrected chi connectivity index (χ0v) is 10.1. The van der Waals surface area contributed by atoms with Gasteiger partial charge in [0.15, 0.2) is 0 Å². The van der Waals surface area contributed by atoms with Crippen molar-refractivity contribution in [3.63, 3.8) is 0 Å². The molecule has 0 radical (unpaired) electrons. The second-order valence-corrected chi connectivity index (χ2v) is 4.11. The van der Waals surface area contributed by atoms with Gasteiger partial charge in [0.1, 0.15) is 5.82 Å². The van der Waals surface area contributed by atoms with Crippen LogP contribution in [0.25, 0.3) is 0 Å². The van der Waals surface area contributed by atoms with Crippen molar-refractivity contribution in [3.8, 4) is 0 Å². The molecule has 0 aliphatic rings. The average Bonchev–Trinajstić information content (AvgIpc) is 2.29. The van der Waals surface area contributed by atoms with E-state index >= 15 is 0 Å². The summed E-state index contributed by atoms with van der Waals surface area (Å²) in [5.41, 5.74) is 1.23. The molecule has 17 heavy (non-hydrogen) atoms. The topological polar surface area (TPSA) is 37.8 Å². The lowest BCUT2D eigenvalue weighted by molar-refractivity contribution is 0.628. The fraction of sp³-hybridized carbons (Fsp3) is 0.0909. The van der Waals surface area contributed by atoms with E-state index in [0.29, 0.717) is 12.2 Å². The predicted octanol–water partition coefficient (Wildman–Crippen LogP) is 3.53. The van der Waals surface area contributed by atoms with Gasteiger partial charge in [-0.1, -0.05) is 23.2 Å². The molecule has 0 aliphatic heterocycles. The number of nitrogens with zero attached hydrogens (tertiary/aromatic N) is 2. The third-order valence-electron chi connectivity index (χ3n) is 2.07. The van der Waals surface area contributed by atoms with E-state index in [-0.39, 0.29) is 10.0 Å². The molecule has 0 amide bonds. The Morgan fingerprint density at radius 2 is 1.88 bits per heavy atom. The Balaban J connectivity index is 2.15. The first-order chi connectivity index (χ1) is 8.16. The van der Waals surface area contributed by atoms with Crippen LogP contribution in [0.4, 0.5) is 10.1 Å². The van der Waals surface area contributed by atoms with Crippen LogP contribution in [0.1, 0.15) is 5.69 Å². The molecule has 0 unspecified atom stereocenters. The van der Waals surface area contributed by atoms with Crippen molar-refractivity contribution in [1.29, 1.82) is 0 Å². The summed E-state index contributed by atoms with van der Waals surface area (Å²) < 4.78 is 13.0. The highest BCUT2D eigenvalue weighted by atomic mass is 35.5. The maximum atomic E-state index is 13.0. The van der Waals surface area contributed by atoms with Gasteiger partial charge in [0.05, 0.1) is 34.2 Å². The normalized spacial score (nSPS) is 10.3. The largest absolute Gasteiger partial charge is 0.377 e. The minimum absolute atomic E-state index is 0.235. The van der Waals surface area contributed by atoms with Crippen LogP contribution in [0.2, 0.25) is 10.0 Å². The van der Waals surface area contributed by atoms with Gasteiger partial charge in [-0.15, -0.1) is 0 Å². The molecule has 0 saturated heterocycles. The van der Waals surface area contributed by atoms with Crippen LogP contribution in [-0.4, -0.2) is 9.97 Å². The van der Waals surface area contributed by atoms with Gasteiger partial charge in [0.25, 0.3) is 0 Å². The number of benzene rings is 1. The molecule has 0 aliphatic carbocycles. The second-order valence-electron chi connectivity index (χ2n) is 3.29. The first-order valence-corrected chi connectivity index (χ1v) is 5.55. The lowest BCUT2D eigenvalue weighted by Gasteiger charge is -2.09. The van der Waals surface area contributed by atoms with E-state index in [1.807, 2.05) is 0 Å². The van der Waals surface area contributed by atoms with Gasteiger partial charge in [-0.25, -0.2) is 4.39 Å². The number of anilines is 1. The molecule has 3 nitrogen and oxygen atoms in total. The standard InChI is InChI=1S/C11H8Cl2FN3/c12-9-3-7(14)4-10(13)11(9)17-6-8-5-15-1-2-16-8/h1-5,17H,6H2. The Morgan fingerprint density at radius 3 is 2.47 bits per heavy atom. The smallest absolute Gasteiger partial charge is 0.126 e. The van der Waals surface area contributed by atoms with E-state index in [1.54, 1.807) is 18.6 Å². The van der Waals surface area contributed by atoms with Gasteiger partial charge in [-0.3, -0.25) is 9.97 Å². The van der Waals surface area contributed by atoms with E-state index in [0.717, 1.165) is 5.69 Å². The Morgan fingerprint density at radius 1 is 1.18 bits per heavy atom. The molecule has 2 aromatic rings. The first-order valence-electron chi connectivity index (χ1n) is 4.80. The quantitative estimate of drug-likeness (QED) is 0.928. The molecule has 0 saturated carbocycles. The summed E-state index contributed by atoms with van der Waals surface area (Å²) in [6, 6.07) is 2.40. The van der Waals surface area contributed by atoms with Crippen LogP contribution in [0.15, 0.2) is 30.7 Å². The third-order valence-corrected chi connectivity index (χ3v) is 2.67. The highest BCUT2D eigenvalue weighted by Gasteiger charge is 2.08. The number of hydrogen-bond donors (Lipinski definition) is 1. The first kappa shape index (κ1) is 12.1. The van der Waals surface area contributed by atoms with Crippen LogP contribution in [0.5, 0.6) is 0 Å². The molecule has 0 spiro atoms. The summed E-state index contributed by atoms with van der Waals surface area (Å²) >= 11 is 11.8. The molecule has 0 fully saturated rings. The Kier molecular flexibility index (Phi) is 3.76. The number of hydrogen-bond acceptors (Lipinski definition) is 3. The van der Waals surface area contributed by atoms with E-state index in [1.165, 1.54) is 12.1 Å². The van der Waals surface area contributed by atoms with Crippen LogP contribution < -0.4 is 5.32 Å². The molecule has 1 aromatic heterocycles. The van der Waals surface area contributed by atoms with Gasteiger partial charge < -0.3 is 5.32 Å². The highest BCUT2D eigenvalue weighted by molar-refractivity contribution is 6.39. The fourth-order valence-corrected chi connectivity index (χ4v) is 1.91. The molecule has 88 valence electrons. The molecule has 1 aromatic carbocycles. The maximum Gasteiger partial charge on any atom is 0.126 e. The van der Waals surface area contributed by atoms with Gasteiger partial charge >= 0.3 is 0 Å². The monoisotopic (exact) mass is 271 g/mol. The molecule has 2 rings (SSSR count). The number of rotatable bonds is 3. The molecule has 1 N–H and O–H groups in total. The van der Waals surface area contributed by atoms with E-state index < -0.39 is 5.82 Å². The van der Waals surface area contributed by atoms with Crippen LogP contribution >= 0.6 is 23.2 Å².